The second-order valence-electron chi connectivity index (χ2n) is 6.84. The first kappa shape index (κ1) is 21.4. The lowest BCUT2D eigenvalue weighted by Crippen LogP contribution is -2.51. The molecule has 3 rings (SSSR count). The highest BCUT2D eigenvalue weighted by Gasteiger charge is 2.34. The molecule has 9 heteroatoms. The molecule has 0 saturated carbocycles. The Kier molecular flexibility index (Phi) is 6.69. The van der Waals surface area contributed by atoms with Gasteiger partial charge in [-0.3, -0.25) is 9.59 Å². The number of ketones is 1. The summed E-state index contributed by atoms with van der Waals surface area (Å²) in [4.78, 5) is 23.7. The van der Waals surface area contributed by atoms with Crippen LogP contribution in [-0.2, 0) is 21.5 Å². The molecule has 154 valence electrons. The molecule has 1 heterocycles. The molecule has 0 aromatic heterocycles. The first-order valence-electron chi connectivity index (χ1n) is 9.16. The average Bonchev–Trinajstić information content (AvgIpc) is 2.67. The summed E-state index contributed by atoms with van der Waals surface area (Å²) < 4.78 is 28.4. The van der Waals surface area contributed by atoms with Crippen LogP contribution in [-0.4, -0.2) is 48.4 Å². The molecule has 29 heavy (non-hydrogen) atoms. The lowest BCUT2D eigenvalue weighted by atomic mass is 10.1. The summed E-state index contributed by atoms with van der Waals surface area (Å²) in [5.74, 6) is -0.499. The smallest absolute Gasteiger partial charge is 0.282 e. The van der Waals surface area contributed by atoms with Gasteiger partial charge in [0.25, 0.3) is 10.2 Å². The van der Waals surface area contributed by atoms with E-state index < -0.39 is 16.1 Å². The summed E-state index contributed by atoms with van der Waals surface area (Å²) in [7, 11) is -3.75. The van der Waals surface area contributed by atoms with Crippen molar-refractivity contribution in [3.8, 4) is 0 Å². The van der Waals surface area contributed by atoms with Crippen molar-refractivity contribution in [3.63, 3.8) is 0 Å². The normalized spacial score (nSPS) is 17.0. The third-order valence-electron chi connectivity index (χ3n) is 4.63. The van der Waals surface area contributed by atoms with Crippen molar-refractivity contribution in [2.24, 2.45) is 0 Å². The number of amides is 1. The number of hydrogen-bond donors (Lipinski definition) is 1. The van der Waals surface area contributed by atoms with Crippen LogP contribution in [0.2, 0.25) is 5.02 Å². The zero-order chi connectivity index (χ0) is 21.0. The monoisotopic (exact) mass is 435 g/mol. The molecule has 0 radical (unpaired) electrons. The second kappa shape index (κ2) is 9.04. The molecule has 1 aliphatic heterocycles. The first-order valence-corrected chi connectivity index (χ1v) is 10.9. The Hall–Kier alpha value is -2.26. The van der Waals surface area contributed by atoms with Gasteiger partial charge in [0.2, 0.25) is 5.91 Å². The molecule has 0 aliphatic carbocycles. The van der Waals surface area contributed by atoms with Gasteiger partial charge in [-0.25, -0.2) is 0 Å². The molecule has 2 aromatic rings. The highest BCUT2D eigenvalue weighted by Crippen LogP contribution is 2.20. The summed E-state index contributed by atoms with van der Waals surface area (Å²) >= 11 is 5.88. The van der Waals surface area contributed by atoms with Gasteiger partial charge in [-0.15, -0.1) is 0 Å². The molecule has 2 aromatic carbocycles. The van der Waals surface area contributed by atoms with Crippen LogP contribution in [0.1, 0.15) is 29.3 Å². The van der Waals surface area contributed by atoms with Crippen molar-refractivity contribution in [2.45, 2.75) is 19.9 Å². The lowest BCUT2D eigenvalue weighted by molar-refractivity contribution is -0.116. The van der Waals surface area contributed by atoms with Crippen LogP contribution in [0.25, 0.3) is 0 Å². The van der Waals surface area contributed by atoms with Crippen molar-refractivity contribution in [2.75, 3.05) is 25.0 Å². The van der Waals surface area contributed by atoms with Gasteiger partial charge in [-0.2, -0.15) is 17.0 Å². The Morgan fingerprint density at radius 1 is 1.00 bits per heavy atom. The standard InChI is InChI=1S/C20H22ClN3O4S/c1-15(25)17-5-9-19(10-6-17)22-20(26)14-24-12-2-11-23(29(24,27)28)13-16-3-7-18(21)8-4-16/h3-10H,2,11-14H2,1H3,(H,22,26). The third kappa shape index (κ3) is 5.42. The molecule has 0 unspecified atom stereocenters. The minimum Gasteiger partial charge on any atom is -0.325 e. The van der Waals surface area contributed by atoms with Crippen molar-refractivity contribution < 1.29 is 18.0 Å². The van der Waals surface area contributed by atoms with Gasteiger partial charge in [0.15, 0.2) is 5.78 Å². The largest absolute Gasteiger partial charge is 0.325 e. The zero-order valence-corrected chi connectivity index (χ0v) is 17.5. The molecule has 1 aliphatic rings. The van der Waals surface area contributed by atoms with Crippen molar-refractivity contribution in [1.29, 1.82) is 0 Å². The molecule has 7 nitrogen and oxygen atoms in total. The number of carbonyl (C=O) groups excluding carboxylic acids is 2. The van der Waals surface area contributed by atoms with Crippen LogP contribution in [0.5, 0.6) is 0 Å². The molecule has 0 spiro atoms. The van der Waals surface area contributed by atoms with Gasteiger partial charge in [0, 0.05) is 35.9 Å². The van der Waals surface area contributed by atoms with E-state index >= 15 is 0 Å². The Bertz CT molecular complexity index is 991. The van der Waals surface area contributed by atoms with E-state index in [9.17, 15) is 18.0 Å². The SMILES string of the molecule is CC(=O)c1ccc(NC(=O)CN2CCCN(Cc3ccc(Cl)cc3)S2(=O)=O)cc1. The fourth-order valence-electron chi connectivity index (χ4n) is 3.08. The highest BCUT2D eigenvalue weighted by molar-refractivity contribution is 7.86. The van der Waals surface area contributed by atoms with Crippen LogP contribution < -0.4 is 5.32 Å². The maximum absolute atomic E-state index is 12.9. The molecule has 0 bridgehead atoms. The van der Waals surface area contributed by atoms with E-state index in [4.69, 9.17) is 11.6 Å². The van der Waals surface area contributed by atoms with Gasteiger partial charge in [0.05, 0.1) is 6.54 Å². The Morgan fingerprint density at radius 2 is 1.62 bits per heavy atom. The van der Waals surface area contributed by atoms with Crippen molar-refractivity contribution >= 4 is 39.2 Å². The molecule has 1 saturated heterocycles. The quantitative estimate of drug-likeness (QED) is 0.707. The zero-order valence-electron chi connectivity index (χ0n) is 16.0. The highest BCUT2D eigenvalue weighted by atomic mass is 35.5. The lowest BCUT2D eigenvalue weighted by Gasteiger charge is -2.34. The van der Waals surface area contributed by atoms with E-state index in [1.165, 1.54) is 15.5 Å². The fraction of sp³-hybridized carbons (Fsp3) is 0.300. The average molecular weight is 436 g/mol. The molecule has 1 amide bonds. The van der Waals surface area contributed by atoms with E-state index in [0.29, 0.717) is 29.2 Å². The number of benzene rings is 2. The molecular formula is C20H22ClN3O4S. The maximum atomic E-state index is 12.9. The van der Waals surface area contributed by atoms with Crippen LogP contribution in [0.15, 0.2) is 48.5 Å². The van der Waals surface area contributed by atoms with E-state index in [1.54, 1.807) is 48.5 Å². The molecule has 1 N–H and O–H groups in total. The fourth-order valence-corrected chi connectivity index (χ4v) is 4.85. The minimum absolute atomic E-state index is 0.0666. The van der Waals surface area contributed by atoms with Gasteiger partial charge in [-0.05, 0) is 55.3 Å². The number of carbonyl (C=O) groups is 2. The van der Waals surface area contributed by atoms with Crippen LogP contribution in [0.3, 0.4) is 0 Å². The predicted octanol–water partition coefficient (Wildman–Crippen LogP) is 2.93. The Morgan fingerprint density at radius 3 is 2.24 bits per heavy atom. The third-order valence-corrected chi connectivity index (χ3v) is 6.82. The van der Waals surface area contributed by atoms with Gasteiger partial charge < -0.3 is 5.32 Å². The number of halogens is 1. The van der Waals surface area contributed by atoms with E-state index in [0.717, 1.165) is 5.56 Å². The van der Waals surface area contributed by atoms with Gasteiger partial charge >= 0.3 is 0 Å². The number of Topliss-reactive ketones (excluding diaryl/α,β-unsaturated/α-hetero) is 1. The van der Waals surface area contributed by atoms with Gasteiger partial charge in [-0.1, -0.05) is 23.7 Å². The van der Waals surface area contributed by atoms with Crippen LogP contribution in [0, 0.1) is 0 Å². The van der Waals surface area contributed by atoms with E-state index in [1.807, 2.05) is 0 Å². The second-order valence-corrected chi connectivity index (χ2v) is 9.20. The molecular weight excluding hydrogens is 414 g/mol. The summed E-state index contributed by atoms with van der Waals surface area (Å²) in [6, 6.07) is 13.5. The summed E-state index contributed by atoms with van der Waals surface area (Å²) in [5.41, 5.74) is 1.88. The summed E-state index contributed by atoms with van der Waals surface area (Å²) in [6.07, 6.45) is 0.632. The number of nitrogens with zero attached hydrogens (tertiary/aromatic N) is 2. The van der Waals surface area contributed by atoms with Crippen molar-refractivity contribution in [3.05, 3.63) is 64.7 Å². The number of anilines is 1. The van der Waals surface area contributed by atoms with E-state index in [-0.39, 0.29) is 25.4 Å². The van der Waals surface area contributed by atoms with E-state index in [2.05, 4.69) is 5.32 Å². The topological polar surface area (TPSA) is 86.8 Å². The molecule has 0 atom stereocenters. The predicted molar refractivity (Wildman–Crippen MR) is 112 cm³/mol. The van der Waals surface area contributed by atoms with Crippen LogP contribution >= 0.6 is 11.6 Å². The number of rotatable bonds is 6. The van der Waals surface area contributed by atoms with Crippen molar-refractivity contribution in [1.82, 2.24) is 8.61 Å². The van der Waals surface area contributed by atoms with Crippen LogP contribution in [0.4, 0.5) is 5.69 Å². The minimum atomic E-state index is -3.75. The Labute approximate surface area is 175 Å². The Balaban J connectivity index is 1.64. The maximum Gasteiger partial charge on any atom is 0.282 e. The number of nitrogens with one attached hydrogen (secondary N) is 1. The summed E-state index contributed by atoms with van der Waals surface area (Å²) in [5, 5.41) is 3.26. The van der Waals surface area contributed by atoms with Gasteiger partial charge in [0.1, 0.15) is 0 Å². The first-order chi connectivity index (χ1) is 13.8. The molecule has 1 fully saturated rings. The summed E-state index contributed by atoms with van der Waals surface area (Å²) in [6.45, 7) is 2.11. The number of hydrogen-bond acceptors (Lipinski definition) is 4.